The number of aromatic nitrogens is 2. The number of aromatic amines is 2. The number of rotatable bonds is 0. The highest BCUT2D eigenvalue weighted by molar-refractivity contribution is 6.99. The largest absolute Gasteiger partial charge is 0.298 e. The van der Waals surface area contributed by atoms with E-state index in [1.807, 2.05) is 13.8 Å². The van der Waals surface area contributed by atoms with Gasteiger partial charge < -0.3 is 0 Å². The van der Waals surface area contributed by atoms with Crippen molar-refractivity contribution in [1.82, 2.24) is 8.75 Å². The van der Waals surface area contributed by atoms with Crippen LogP contribution in [-0.4, -0.2) is 8.75 Å². The highest BCUT2D eigenvalue weighted by atomic mass is 32.1. The first-order valence-electron chi connectivity index (χ1n) is 3.91. The first-order chi connectivity index (χ1) is 6.13. The molecule has 0 bridgehead atoms. The van der Waals surface area contributed by atoms with E-state index in [0.29, 0.717) is 10.7 Å². The van der Waals surface area contributed by atoms with Crippen LogP contribution in [0.15, 0.2) is 0 Å². The molecule has 1 aliphatic heterocycles. The van der Waals surface area contributed by atoms with Crippen LogP contribution in [0.1, 0.15) is 11.1 Å². The van der Waals surface area contributed by atoms with Crippen molar-refractivity contribution in [2.75, 3.05) is 0 Å². The molecule has 0 aromatic rings. The molecule has 0 fully saturated rings. The molecular formula is C8H10N4S. The van der Waals surface area contributed by atoms with Gasteiger partial charge in [0.1, 0.15) is 0 Å². The quantitative estimate of drug-likeness (QED) is 0.484. The Morgan fingerprint density at radius 3 is 1.69 bits per heavy atom. The summed E-state index contributed by atoms with van der Waals surface area (Å²) in [5, 5.41) is 16.0. The predicted molar refractivity (Wildman–Crippen MR) is 50.8 cm³/mol. The number of hydrogen-bond donors (Lipinski definition) is 4. The van der Waals surface area contributed by atoms with Crippen LogP contribution in [0, 0.1) is 24.7 Å². The lowest BCUT2D eigenvalue weighted by Gasteiger charge is -2.04. The minimum Gasteiger partial charge on any atom is -0.298 e. The number of H-pyrrole nitrogens is 2. The summed E-state index contributed by atoms with van der Waals surface area (Å²) in [7, 11) is 0. The third-order valence-electron chi connectivity index (χ3n) is 2.31. The molecule has 4 N–H and O–H groups in total. The summed E-state index contributed by atoms with van der Waals surface area (Å²) >= 11 is 1.38. The summed E-state index contributed by atoms with van der Waals surface area (Å²) in [4.78, 5) is 0. The van der Waals surface area contributed by atoms with Crippen molar-refractivity contribution < 1.29 is 0 Å². The van der Waals surface area contributed by atoms with Crippen LogP contribution >= 0.6 is 11.7 Å². The average Bonchev–Trinajstić information content (AvgIpc) is 2.59. The topological polar surface area (TPSA) is 79.3 Å². The van der Waals surface area contributed by atoms with Crippen LogP contribution < -0.4 is 10.7 Å². The molecule has 0 unspecified atom stereocenters. The molecule has 2 rings (SSSR count). The zero-order valence-electron chi connectivity index (χ0n) is 7.41. The molecule has 0 saturated carbocycles. The number of nitrogens with one attached hydrogen (secondary N) is 4. The van der Waals surface area contributed by atoms with E-state index < -0.39 is 0 Å². The zero-order valence-corrected chi connectivity index (χ0v) is 8.22. The lowest BCUT2D eigenvalue weighted by molar-refractivity contribution is 1.06. The van der Waals surface area contributed by atoms with E-state index in [4.69, 9.17) is 10.8 Å². The maximum absolute atomic E-state index is 7.69. The van der Waals surface area contributed by atoms with E-state index in [2.05, 4.69) is 8.75 Å². The SMILES string of the molecule is Cc1c2[nH]s[nH]c-2c(C)c(=N)c1=N. The van der Waals surface area contributed by atoms with Crippen LogP contribution in [-0.2, 0) is 0 Å². The number of benzene rings is 1. The molecule has 13 heavy (non-hydrogen) atoms. The Bertz CT molecular complexity index is 483. The van der Waals surface area contributed by atoms with E-state index in [0.717, 1.165) is 22.5 Å². The van der Waals surface area contributed by atoms with Crippen LogP contribution in [0.3, 0.4) is 0 Å². The van der Waals surface area contributed by atoms with Crippen LogP contribution in [0.25, 0.3) is 11.4 Å². The average molecular weight is 194 g/mol. The minimum atomic E-state index is 0.313. The second-order valence-electron chi connectivity index (χ2n) is 3.06. The van der Waals surface area contributed by atoms with Gasteiger partial charge in [-0.1, -0.05) is 0 Å². The molecule has 0 spiro atoms. The van der Waals surface area contributed by atoms with Gasteiger partial charge in [-0.05, 0) is 13.8 Å². The van der Waals surface area contributed by atoms with E-state index in [-0.39, 0.29) is 0 Å². The van der Waals surface area contributed by atoms with E-state index in [9.17, 15) is 0 Å². The maximum atomic E-state index is 7.69. The normalized spacial score (nSPS) is 10.9. The first kappa shape index (κ1) is 8.25. The molecule has 2 aliphatic rings. The predicted octanol–water partition coefficient (Wildman–Crippen LogP) is 1.08. The molecule has 0 radical (unpaired) electrons. The van der Waals surface area contributed by atoms with E-state index >= 15 is 0 Å². The van der Waals surface area contributed by atoms with Gasteiger partial charge in [-0.15, -0.1) is 0 Å². The highest BCUT2D eigenvalue weighted by Crippen LogP contribution is 2.21. The fourth-order valence-electron chi connectivity index (χ4n) is 1.38. The highest BCUT2D eigenvalue weighted by Gasteiger charge is 2.13. The fraction of sp³-hybridized carbons (Fsp3) is 0.250. The molecule has 0 atom stereocenters. The Labute approximate surface area is 78.9 Å². The second-order valence-corrected chi connectivity index (χ2v) is 3.67. The van der Waals surface area contributed by atoms with E-state index in [1.165, 1.54) is 11.7 Å². The van der Waals surface area contributed by atoms with Crippen LogP contribution in [0.4, 0.5) is 0 Å². The molecular weight excluding hydrogens is 184 g/mol. The number of fused-ring (bicyclic) bond motifs is 1. The third kappa shape index (κ3) is 0.968. The van der Waals surface area contributed by atoms with Gasteiger partial charge in [-0.3, -0.25) is 19.6 Å². The minimum absolute atomic E-state index is 0.313. The Kier molecular flexibility index (Phi) is 1.63. The van der Waals surface area contributed by atoms with Gasteiger partial charge in [0, 0.05) is 22.9 Å². The molecule has 1 aliphatic carbocycles. The lowest BCUT2D eigenvalue weighted by Crippen LogP contribution is -2.30. The monoisotopic (exact) mass is 194 g/mol. The summed E-state index contributed by atoms with van der Waals surface area (Å²) in [6.07, 6.45) is 0. The molecule has 0 aromatic heterocycles. The summed E-state index contributed by atoms with van der Waals surface area (Å²) in [5.74, 6) is 0. The van der Waals surface area contributed by atoms with Gasteiger partial charge in [-0.25, -0.2) is 0 Å². The molecule has 1 heterocycles. The molecule has 68 valence electrons. The van der Waals surface area contributed by atoms with Crippen LogP contribution in [0.5, 0.6) is 0 Å². The second kappa shape index (κ2) is 2.56. The van der Waals surface area contributed by atoms with Crippen molar-refractivity contribution in [1.29, 1.82) is 10.8 Å². The van der Waals surface area contributed by atoms with Gasteiger partial charge in [0.05, 0.1) is 22.1 Å². The molecule has 0 aromatic carbocycles. The Balaban J connectivity index is 3.11. The summed E-state index contributed by atoms with van der Waals surface area (Å²) in [5.41, 5.74) is 3.57. The van der Waals surface area contributed by atoms with Crippen molar-refractivity contribution in [2.24, 2.45) is 0 Å². The first-order valence-corrected chi connectivity index (χ1v) is 4.72. The summed E-state index contributed by atoms with van der Waals surface area (Å²) in [6, 6.07) is 0. The van der Waals surface area contributed by atoms with Crippen molar-refractivity contribution >= 4 is 11.7 Å². The standard InChI is InChI=1S/C8H10N4S/c1-3-5(9)6(10)4(2)8-7(3)11-13-12-8/h9-12H,1-2H3. The van der Waals surface area contributed by atoms with Crippen molar-refractivity contribution in [3.8, 4) is 11.4 Å². The summed E-state index contributed by atoms with van der Waals surface area (Å²) < 4.78 is 6.16. The van der Waals surface area contributed by atoms with Gasteiger partial charge in [0.25, 0.3) is 0 Å². The van der Waals surface area contributed by atoms with Crippen LogP contribution in [0.2, 0.25) is 0 Å². The van der Waals surface area contributed by atoms with Crippen molar-refractivity contribution in [3.63, 3.8) is 0 Å². The Morgan fingerprint density at radius 1 is 0.923 bits per heavy atom. The smallest absolute Gasteiger partial charge is 0.0843 e. The summed E-state index contributed by atoms with van der Waals surface area (Å²) in [6.45, 7) is 3.72. The lowest BCUT2D eigenvalue weighted by atomic mass is 10.0. The van der Waals surface area contributed by atoms with E-state index in [1.54, 1.807) is 0 Å². The van der Waals surface area contributed by atoms with Gasteiger partial charge >= 0.3 is 0 Å². The molecule has 5 heteroatoms. The Morgan fingerprint density at radius 2 is 1.31 bits per heavy atom. The molecule has 0 amide bonds. The van der Waals surface area contributed by atoms with Gasteiger partial charge in [0.2, 0.25) is 0 Å². The molecule has 0 saturated heterocycles. The van der Waals surface area contributed by atoms with Crippen molar-refractivity contribution in [2.45, 2.75) is 13.8 Å². The Hall–Kier alpha value is -1.36. The zero-order chi connectivity index (χ0) is 9.59. The number of hydrogen-bond acceptors (Lipinski definition) is 3. The third-order valence-corrected chi connectivity index (χ3v) is 2.92. The van der Waals surface area contributed by atoms with Gasteiger partial charge in [0.15, 0.2) is 0 Å². The maximum Gasteiger partial charge on any atom is 0.0843 e. The van der Waals surface area contributed by atoms with Crippen molar-refractivity contribution in [3.05, 3.63) is 21.8 Å². The molecule has 4 nitrogen and oxygen atoms in total. The fourth-order valence-corrected chi connectivity index (χ4v) is 2.15. The van der Waals surface area contributed by atoms with Gasteiger partial charge in [-0.2, -0.15) is 0 Å².